The predicted octanol–water partition coefficient (Wildman–Crippen LogP) is 2.43. The first-order valence-electron chi connectivity index (χ1n) is 5.78. The SMILES string of the molecule is CSCCN(C)CCC(N)CC(C)(C)C. The van der Waals surface area contributed by atoms with Crippen molar-refractivity contribution in [2.45, 2.75) is 39.7 Å². The number of rotatable bonds is 7. The van der Waals surface area contributed by atoms with Gasteiger partial charge in [-0.1, -0.05) is 20.8 Å². The van der Waals surface area contributed by atoms with Crippen molar-refractivity contribution in [2.75, 3.05) is 32.1 Å². The summed E-state index contributed by atoms with van der Waals surface area (Å²) in [4.78, 5) is 2.37. The Bertz CT molecular complexity index is 154. The van der Waals surface area contributed by atoms with Gasteiger partial charge in [0, 0.05) is 18.3 Å². The lowest BCUT2D eigenvalue weighted by Crippen LogP contribution is -2.32. The molecule has 0 aliphatic heterocycles. The van der Waals surface area contributed by atoms with E-state index in [2.05, 4.69) is 39.0 Å². The van der Waals surface area contributed by atoms with Crippen molar-refractivity contribution in [3.8, 4) is 0 Å². The molecule has 1 unspecified atom stereocenters. The third-order valence-electron chi connectivity index (χ3n) is 2.43. The van der Waals surface area contributed by atoms with Crippen molar-refractivity contribution in [2.24, 2.45) is 11.1 Å². The van der Waals surface area contributed by atoms with Crippen LogP contribution in [-0.2, 0) is 0 Å². The van der Waals surface area contributed by atoms with E-state index < -0.39 is 0 Å². The van der Waals surface area contributed by atoms with Crippen molar-refractivity contribution in [1.82, 2.24) is 4.90 Å². The average molecular weight is 232 g/mol. The molecule has 0 amide bonds. The Morgan fingerprint density at radius 3 is 2.33 bits per heavy atom. The van der Waals surface area contributed by atoms with E-state index >= 15 is 0 Å². The molecular formula is C12H28N2S. The molecule has 0 aromatic carbocycles. The second-order valence-electron chi connectivity index (χ2n) is 5.61. The first-order chi connectivity index (χ1) is 6.85. The monoisotopic (exact) mass is 232 g/mol. The second-order valence-corrected chi connectivity index (χ2v) is 6.60. The number of hydrogen-bond donors (Lipinski definition) is 1. The molecule has 0 saturated heterocycles. The lowest BCUT2D eigenvalue weighted by molar-refractivity contribution is 0.290. The van der Waals surface area contributed by atoms with E-state index in [0.29, 0.717) is 11.5 Å². The summed E-state index contributed by atoms with van der Waals surface area (Å²) < 4.78 is 0. The van der Waals surface area contributed by atoms with Gasteiger partial charge in [-0.05, 0) is 38.1 Å². The van der Waals surface area contributed by atoms with Crippen LogP contribution in [0.2, 0.25) is 0 Å². The summed E-state index contributed by atoms with van der Waals surface area (Å²) in [6, 6.07) is 0.349. The highest BCUT2D eigenvalue weighted by Gasteiger charge is 2.15. The van der Waals surface area contributed by atoms with Gasteiger partial charge in [-0.2, -0.15) is 11.8 Å². The fourth-order valence-electron chi connectivity index (χ4n) is 1.63. The summed E-state index contributed by atoms with van der Waals surface area (Å²) in [5.41, 5.74) is 6.46. The fourth-order valence-corrected chi connectivity index (χ4v) is 2.13. The topological polar surface area (TPSA) is 29.3 Å². The average Bonchev–Trinajstić information content (AvgIpc) is 2.08. The Kier molecular flexibility index (Phi) is 7.66. The standard InChI is InChI=1S/C12H28N2S/c1-12(2,3)10-11(13)6-7-14(4)8-9-15-5/h11H,6-10,13H2,1-5H3. The minimum absolute atomic E-state index is 0.349. The Labute approximate surface area is 100.0 Å². The number of nitrogens with zero attached hydrogens (tertiary/aromatic N) is 1. The molecule has 0 spiro atoms. The highest BCUT2D eigenvalue weighted by molar-refractivity contribution is 7.98. The van der Waals surface area contributed by atoms with Crippen LogP contribution in [-0.4, -0.2) is 43.1 Å². The maximum Gasteiger partial charge on any atom is 0.00692 e. The normalized spacial score (nSPS) is 14.6. The van der Waals surface area contributed by atoms with E-state index in [1.54, 1.807) is 0 Å². The van der Waals surface area contributed by atoms with Gasteiger partial charge in [0.2, 0.25) is 0 Å². The third-order valence-corrected chi connectivity index (χ3v) is 3.02. The van der Waals surface area contributed by atoms with E-state index in [1.165, 1.54) is 12.3 Å². The van der Waals surface area contributed by atoms with Crippen LogP contribution in [0.1, 0.15) is 33.6 Å². The lowest BCUT2D eigenvalue weighted by Gasteiger charge is -2.25. The van der Waals surface area contributed by atoms with Crippen LogP contribution in [0.3, 0.4) is 0 Å². The van der Waals surface area contributed by atoms with Crippen LogP contribution < -0.4 is 5.73 Å². The first-order valence-corrected chi connectivity index (χ1v) is 7.17. The fraction of sp³-hybridized carbons (Fsp3) is 1.00. The second kappa shape index (κ2) is 7.53. The van der Waals surface area contributed by atoms with Gasteiger partial charge in [-0.15, -0.1) is 0 Å². The minimum atomic E-state index is 0.349. The molecule has 0 radical (unpaired) electrons. The van der Waals surface area contributed by atoms with Crippen LogP contribution in [0.5, 0.6) is 0 Å². The Morgan fingerprint density at radius 2 is 1.87 bits per heavy atom. The van der Waals surface area contributed by atoms with Crippen molar-refractivity contribution in [1.29, 1.82) is 0 Å². The van der Waals surface area contributed by atoms with E-state index in [-0.39, 0.29) is 0 Å². The maximum atomic E-state index is 6.10. The summed E-state index contributed by atoms with van der Waals surface area (Å²) in [6.07, 6.45) is 4.38. The zero-order chi connectivity index (χ0) is 11.9. The first kappa shape index (κ1) is 15.3. The van der Waals surface area contributed by atoms with Gasteiger partial charge in [-0.3, -0.25) is 0 Å². The van der Waals surface area contributed by atoms with E-state index in [4.69, 9.17) is 5.73 Å². The quantitative estimate of drug-likeness (QED) is 0.731. The van der Waals surface area contributed by atoms with Crippen LogP contribution in [0.15, 0.2) is 0 Å². The van der Waals surface area contributed by atoms with E-state index in [9.17, 15) is 0 Å². The van der Waals surface area contributed by atoms with Gasteiger partial charge in [-0.25, -0.2) is 0 Å². The van der Waals surface area contributed by atoms with Gasteiger partial charge in [0.1, 0.15) is 0 Å². The van der Waals surface area contributed by atoms with Crippen molar-refractivity contribution < 1.29 is 0 Å². The number of nitrogens with two attached hydrogens (primary N) is 1. The number of thioether (sulfide) groups is 1. The summed E-state index contributed by atoms with van der Waals surface area (Å²) in [5.74, 6) is 1.21. The lowest BCUT2D eigenvalue weighted by atomic mass is 9.87. The molecule has 92 valence electrons. The molecule has 2 N–H and O–H groups in total. The zero-order valence-corrected chi connectivity index (χ0v) is 11.9. The Hall–Kier alpha value is 0.270. The van der Waals surface area contributed by atoms with Crippen LogP contribution in [0, 0.1) is 5.41 Å². The van der Waals surface area contributed by atoms with Crippen molar-refractivity contribution >= 4 is 11.8 Å². The zero-order valence-electron chi connectivity index (χ0n) is 11.0. The van der Waals surface area contributed by atoms with Crippen LogP contribution >= 0.6 is 11.8 Å². The Morgan fingerprint density at radius 1 is 1.27 bits per heavy atom. The largest absolute Gasteiger partial charge is 0.328 e. The highest BCUT2D eigenvalue weighted by Crippen LogP contribution is 2.20. The predicted molar refractivity (Wildman–Crippen MR) is 72.5 cm³/mol. The van der Waals surface area contributed by atoms with Crippen molar-refractivity contribution in [3.05, 3.63) is 0 Å². The van der Waals surface area contributed by atoms with Gasteiger partial charge >= 0.3 is 0 Å². The third kappa shape index (κ3) is 10.6. The molecule has 2 nitrogen and oxygen atoms in total. The Balaban J connectivity index is 3.57. The molecule has 1 atom stereocenters. The molecule has 0 fully saturated rings. The summed E-state index contributed by atoms with van der Waals surface area (Å²) in [6.45, 7) is 9.06. The molecule has 0 saturated carbocycles. The van der Waals surface area contributed by atoms with Gasteiger partial charge in [0.05, 0.1) is 0 Å². The molecular weight excluding hydrogens is 204 g/mol. The summed E-state index contributed by atoms with van der Waals surface area (Å²) in [7, 11) is 2.18. The molecule has 0 aliphatic rings. The molecule has 0 heterocycles. The van der Waals surface area contributed by atoms with Crippen LogP contribution in [0.25, 0.3) is 0 Å². The highest BCUT2D eigenvalue weighted by atomic mass is 32.2. The smallest absolute Gasteiger partial charge is 0.00692 e. The molecule has 0 aliphatic carbocycles. The molecule has 0 aromatic rings. The van der Waals surface area contributed by atoms with Gasteiger partial charge in [0.25, 0.3) is 0 Å². The minimum Gasteiger partial charge on any atom is -0.328 e. The summed E-state index contributed by atoms with van der Waals surface area (Å²) >= 11 is 1.90. The van der Waals surface area contributed by atoms with Gasteiger partial charge in [0.15, 0.2) is 0 Å². The summed E-state index contributed by atoms with van der Waals surface area (Å²) in [5, 5.41) is 0. The molecule has 0 rings (SSSR count). The molecule has 0 bridgehead atoms. The van der Waals surface area contributed by atoms with E-state index in [0.717, 1.165) is 19.4 Å². The van der Waals surface area contributed by atoms with Crippen LogP contribution in [0.4, 0.5) is 0 Å². The molecule has 3 heteroatoms. The van der Waals surface area contributed by atoms with Crippen molar-refractivity contribution in [3.63, 3.8) is 0 Å². The number of hydrogen-bond acceptors (Lipinski definition) is 3. The molecule has 0 aromatic heterocycles. The van der Waals surface area contributed by atoms with Gasteiger partial charge < -0.3 is 10.6 Å². The maximum absolute atomic E-state index is 6.10. The molecule has 15 heavy (non-hydrogen) atoms. The van der Waals surface area contributed by atoms with E-state index in [1.807, 2.05) is 11.8 Å².